The fraction of sp³-hybridized carbons (Fsp3) is 0.429. The average molecular weight is 276 g/mol. The fourth-order valence-corrected chi connectivity index (χ4v) is 2.08. The van der Waals surface area contributed by atoms with Crippen LogP contribution in [0.5, 0.6) is 0 Å². The van der Waals surface area contributed by atoms with Crippen molar-refractivity contribution in [3.05, 3.63) is 24.3 Å². The zero-order chi connectivity index (χ0) is 14.7. The normalized spacial score (nSPS) is 16.3. The monoisotopic (exact) mass is 276 g/mol. The highest BCUT2D eigenvalue weighted by Crippen LogP contribution is 2.15. The van der Waals surface area contributed by atoms with Gasteiger partial charge in [-0.15, -0.1) is 0 Å². The highest BCUT2D eigenvalue weighted by molar-refractivity contribution is 5.94. The molecule has 6 nitrogen and oxygen atoms in total. The number of piperazine rings is 1. The Bertz CT molecular complexity index is 500. The number of rotatable bonds is 3. The summed E-state index contributed by atoms with van der Waals surface area (Å²) in [5.74, 6) is 0.0197. The van der Waals surface area contributed by atoms with Crippen LogP contribution in [0.2, 0.25) is 0 Å². The summed E-state index contributed by atoms with van der Waals surface area (Å²) in [6.07, 6.45) is 0. The molecule has 6 heteroatoms. The SMILES string of the molecule is CN1CCN(CC(=O)N(C)c2ccc(N)cc2)CC1=O. The Morgan fingerprint density at radius 2 is 1.95 bits per heavy atom. The molecule has 2 rings (SSSR count). The Morgan fingerprint density at radius 3 is 2.55 bits per heavy atom. The maximum Gasteiger partial charge on any atom is 0.240 e. The summed E-state index contributed by atoms with van der Waals surface area (Å²) in [5.41, 5.74) is 7.09. The van der Waals surface area contributed by atoms with Crippen molar-refractivity contribution in [3.63, 3.8) is 0 Å². The van der Waals surface area contributed by atoms with Crippen molar-refractivity contribution in [1.29, 1.82) is 0 Å². The third-order valence-corrected chi connectivity index (χ3v) is 3.55. The van der Waals surface area contributed by atoms with Gasteiger partial charge in [0.15, 0.2) is 0 Å². The van der Waals surface area contributed by atoms with E-state index < -0.39 is 0 Å². The van der Waals surface area contributed by atoms with Gasteiger partial charge in [-0.3, -0.25) is 14.5 Å². The van der Waals surface area contributed by atoms with Gasteiger partial charge < -0.3 is 15.5 Å². The quantitative estimate of drug-likeness (QED) is 0.789. The first kappa shape index (κ1) is 14.3. The van der Waals surface area contributed by atoms with E-state index in [1.807, 2.05) is 17.0 Å². The molecule has 0 radical (unpaired) electrons. The van der Waals surface area contributed by atoms with E-state index in [4.69, 9.17) is 5.73 Å². The predicted molar refractivity (Wildman–Crippen MR) is 78.3 cm³/mol. The molecule has 0 saturated carbocycles. The first-order chi connectivity index (χ1) is 9.47. The summed E-state index contributed by atoms with van der Waals surface area (Å²) in [7, 11) is 3.51. The Kier molecular flexibility index (Phi) is 4.24. The molecule has 0 bridgehead atoms. The molecule has 1 heterocycles. The molecule has 0 aromatic heterocycles. The van der Waals surface area contributed by atoms with Gasteiger partial charge in [0.2, 0.25) is 11.8 Å². The third kappa shape index (κ3) is 3.27. The molecule has 2 amide bonds. The van der Waals surface area contributed by atoms with Crippen molar-refractivity contribution in [1.82, 2.24) is 9.80 Å². The average Bonchev–Trinajstić information content (AvgIpc) is 2.43. The third-order valence-electron chi connectivity index (χ3n) is 3.55. The summed E-state index contributed by atoms with van der Waals surface area (Å²) in [5, 5.41) is 0. The minimum Gasteiger partial charge on any atom is -0.399 e. The van der Waals surface area contributed by atoms with Gasteiger partial charge in [-0.05, 0) is 24.3 Å². The van der Waals surface area contributed by atoms with E-state index >= 15 is 0 Å². The Labute approximate surface area is 118 Å². The molecule has 0 aliphatic carbocycles. The summed E-state index contributed by atoms with van der Waals surface area (Å²) < 4.78 is 0. The van der Waals surface area contributed by atoms with E-state index in [1.54, 1.807) is 36.0 Å². The van der Waals surface area contributed by atoms with Gasteiger partial charge >= 0.3 is 0 Å². The largest absolute Gasteiger partial charge is 0.399 e. The number of carbonyl (C=O) groups is 2. The Morgan fingerprint density at radius 1 is 1.30 bits per heavy atom. The molecule has 1 aliphatic heterocycles. The number of benzene rings is 1. The molecular weight excluding hydrogens is 256 g/mol. The first-order valence-corrected chi connectivity index (χ1v) is 6.56. The summed E-state index contributed by atoms with van der Waals surface area (Å²) in [4.78, 5) is 29.0. The van der Waals surface area contributed by atoms with Gasteiger partial charge in [-0.2, -0.15) is 0 Å². The molecule has 20 heavy (non-hydrogen) atoms. The van der Waals surface area contributed by atoms with Crippen molar-refractivity contribution in [2.24, 2.45) is 0 Å². The van der Waals surface area contributed by atoms with Gasteiger partial charge in [-0.25, -0.2) is 0 Å². The fourth-order valence-electron chi connectivity index (χ4n) is 2.08. The number of hydrogen-bond donors (Lipinski definition) is 1. The van der Waals surface area contributed by atoms with Gasteiger partial charge in [0.1, 0.15) is 0 Å². The van der Waals surface area contributed by atoms with Crippen LogP contribution in [-0.4, -0.2) is 61.9 Å². The van der Waals surface area contributed by atoms with Gasteiger partial charge in [0.25, 0.3) is 0 Å². The second-order valence-corrected chi connectivity index (χ2v) is 5.07. The topological polar surface area (TPSA) is 69.9 Å². The molecule has 2 N–H and O–H groups in total. The summed E-state index contributed by atoms with van der Waals surface area (Å²) in [6, 6.07) is 7.14. The van der Waals surface area contributed by atoms with Crippen molar-refractivity contribution < 1.29 is 9.59 Å². The lowest BCUT2D eigenvalue weighted by Crippen LogP contribution is -2.51. The van der Waals surface area contributed by atoms with Crippen molar-refractivity contribution >= 4 is 23.2 Å². The second kappa shape index (κ2) is 5.92. The van der Waals surface area contributed by atoms with E-state index in [1.165, 1.54) is 0 Å². The Hall–Kier alpha value is -2.08. The molecule has 1 aliphatic rings. The molecule has 0 spiro atoms. The van der Waals surface area contributed by atoms with Crippen LogP contribution in [0.3, 0.4) is 0 Å². The number of carbonyl (C=O) groups excluding carboxylic acids is 2. The lowest BCUT2D eigenvalue weighted by Gasteiger charge is -2.32. The lowest BCUT2D eigenvalue weighted by molar-refractivity contribution is -0.135. The second-order valence-electron chi connectivity index (χ2n) is 5.07. The molecule has 108 valence electrons. The van der Waals surface area contributed by atoms with E-state index in [0.29, 0.717) is 18.8 Å². The maximum atomic E-state index is 12.2. The van der Waals surface area contributed by atoms with Gasteiger partial charge in [0.05, 0.1) is 13.1 Å². The number of hydrogen-bond acceptors (Lipinski definition) is 4. The van der Waals surface area contributed by atoms with E-state index in [-0.39, 0.29) is 18.4 Å². The standard InChI is InChI=1S/C14H20N4O2/c1-16-7-8-18(9-13(16)19)10-14(20)17(2)12-5-3-11(15)4-6-12/h3-6H,7-10,15H2,1-2H3. The van der Waals surface area contributed by atoms with Crippen LogP contribution in [0.15, 0.2) is 24.3 Å². The number of anilines is 2. The smallest absolute Gasteiger partial charge is 0.240 e. The minimum absolute atomic E-state index is 0.0351. The summed E-state index contributed by atoms with van der Waals surface area (Å²) in [6.45, 7) is 1.94. The molecular formula is C14H20N4O2. The van der Waals surface area contributed by atoms with Crippen LogP contribution in [-0.2, 0) is 9.59 Å². The zero-order valence-corrected chi connectivity index (χ0v) is 11.9. The summed E-state index contributed by atoms with van der Waals surface area (Å²) >= 11 is 0. The molecule has 0 atom stereocenters. The van der Waals surface area contributed by atoms with Crippen LogP contribution >= 0.6 is 0 Å². The van der Waals surface area contributed by atoms with Crippen LogP contribution in [0.4, 0.5) is 11.4 Å². The first-order valence-electron chi connectivity index (χ1n) is 6.56. The van der Waals surface area contributed by atoms with Crippen molar-refractivity contribution in [2.75, 3.05) is 50.9 Å². The maximum absolute atomic E-state index is 12.2. The van der Waals surface area contributed by atoms with Crippen LogP contribution < -0.4 is 10.6 Å². The lowest BCUT2D eigenvalue weighted by atomic mass is 10.2. The van der Waals surface area contributed by atoms with Crippen LogP contribution in [0, 0.1) is 0 Å². The van der Waals surface area contributed by atoms with Gasteiger partial charge in [0, 0.05) is 38.6 Å². The minimum atomic E-state index is -0.0351. The van der Waals surface area contributed by atoms with Gasteiger partial charge in [-0.1, -0.05) is 0 Å². The van der Waals surface area contributed by atoms with E-state index in [9.17, 15) is 9.59 Å². The number of likely N-dealkylation sites (N-methyl/N-ethyl adjacent to an activating group) is 2. The van der Waals surface area contributed by atoms with E-state index in [0.717, 1.165) is 12.2 Å². The molecule has 1 aromatic rings. The van der Waals surface area contributed by atoms with Crippen molar-refractivity contribution in [3.8, 4) is 0 Å². The number of nitrogens with zero attached hydrogens (tertiary/aromatic N) is 3. The molecule has 1 aromatic carbocycles. The van der Waals surface area contributed by atoms with E-state index in [2.05, 4.69) is 0 Å². The Balaban J connectivity index is 1.94. The van der Waals surface area contributed by atoms with Crippen molar-refractivity contribution in [2.45, 2.75) is 0 Å². The predicted octanol–water partition coefficient (Wildman–Crippen LogP) is 0.00560. The van der Waals surface area contributed by atoms with Crippen LogP contribution in [0.25, 0.3) is 0 Å². The number of amides is 2. The highest BCUT2D eigenvalue weighted by Gasteiger charge is 2.23. The number of nitrogen functional groups attached to an aromatic ring is 1. The zero-order valence-electron chi connectivity index (χ0n) is 11.9. The highest BCUT2D eigenvalue weighted by atomic mass is 16.2. The van der Waals surface area contributed by atoms with Crippen LogP contribution in [0.1, 0.15) is 0 Å². The molecule has 0 unspecified atom stereocenters. The number of nitrogens with two attached hydrogens (primary N) is 1. The molecule has 1 saturated heterocycles. The molecule has 1 fully saturated rings.